The number of nitrogens with zero attached hydrogens (tertiary/aromatic N) is 2. The largest absolute Gasteiger partial charge is 0.322 e. The molecule has 4 nitrogen and oxygen atoms in total. The van der Waals surface area contributed by atoms with Gasteiger partial charge in [-0.05, 0) is 82.6 Å². The van der Waals surface area contributed by atoms with Crippen molar-refractivity contribution in [2.45, 2.75) is 84.7 Å². The second-order valence-corrected chi connectivity index (χ2v) is 11.2. The fraction of sp³-hybridized carbons (Fsp3) is 0.870. The van der Waals surface area contributed by atoms with Gasteiger partial charge in [0.05, 0.1) is 25.7 Å². The molecule has 0 heterocycles. The lowest BCUT2D eigenvalue weighted by Gasteiger charge is -2.35. The summed E-state index contributed by atoms with van der Waals surface area (Å²) < 4.78 is 14.4. The molecule has 2 rings (SSSR count). The van der Waals surface area contributed by atoms with Gasteiger partial charge < -0.3 is 9.05 Å². The van der Waals surface area contributed by atoms with Crippen molar-refractivity contribution in [3.63, 3.8) is 0 Å². The van der Waals surface area contributed by atoms with Gasteiger partial charge in [-0.2, -0.15) is 17.0 Å². The third kappa shape index (κ3) is 8.77. The number of hydrogen-bond acceptors (Lipinski definition) is 5. The number of hydrogen-bond donors (Lipinski definition) is 0. The van der Waals surface area contributed by atoms with Gasteiger partial charge in [0, 0.05) is 24.9 Å². The van der Waals surface area contributed by atoms with E-state index in [1.165, 1.54) is 25.0 Å². The summed E-state index contributed by atoms with van der Waals surface area (Å²) in [5, 5.41) is 8.79. The second-order valence-electron chi connectivity index (χ2n) is 8.56. The predicted molar refractivity (Wildman–Crippen MR) is 124 cm³/mol. The predicted octanol–water partition coefficient (Wildman–Crippen LogP) is 6.23. The summed E-state index contributed by atoms with van der Waals surface area (Å²) in [6.07, 6.45) is 7.74. The van der Waals surface area contributed by atoms with Crippen molar-refractivity contribution in [3.8, 4) is 17.9 Å². The van der Waals surface area contributed by atoms with Crippen molar-refractivity contribution < 1.29 is 9.05 Å². The maximum absolute atomic E-state index is 8.79. The molecule has 0 aromatic heterocycles. The van der Waals surface area contributed by atoms with Gasteiger partial charge in [0.1, 0.15) is 0 Å². The molecule has 0 aromatic rings. The fourth-order valence-electron chi connectivity index (χ4n) is 4.40. The molecule has 0 N–H and O–H groups in total. The number of rotatable bonds is 14. The van der Waals surface area contributed by atoms with Crippen molar-refractivity contribution in [1.82, 2.24) is 4.67 Å². The van der Waals surface area contributed by atoms with Crippen molar-refractivity contribution in [2.24, 2.45) is 17.8 Å². The van der Waals surface area contributed by atoms with Crippen LogP contribution in [0.4, 0.5) is 0 Å². The van der Waals surface area contributed by atoms with E-state index in [0.717, 1.165) is 49.4 Å². The zero-order valence-corrected chi connectivity index (χ0v) is 20.4. The van der Waals surface area contributed by atoms with Crippen LogP contribution in [0.2, 0.25) is 0 Å². The van der Waals surface area contributed by atoms with Crippen LogP contribution in [0.25, 0.3) is 0 Å². The monoisotopic (exact) mass is 438 g/mol. The molecule has 1 unspecified atom stereocenters. The molecule has 1 fully saturated rings. The Morgan fingerprint density at radius 2 is 1.66 bits per heavy atom. The summed E-state index contributed by atoms with van der Waals surface area (Å²) in [4.78, 5) is 0. The van der Waals surface area contributed by atoms with Gasteiger partial charge in [0.25, 0.3) is 8.53 Å². The van der Waals surface area contributed by atoms with Crippen LogP contribution < -0.4 is 0 Å². The van der Waals surface area contributed by atoms with Crippen LogP contribution in [0, 0.1) is 40.9 Å². The van der Waals surface area contributed by atoms with E-state index in [2.05, 4.69) is 62.0 Å². The van der Waals surface area contributed by atoms with Crippen LogP contribution in [0.1, 0.15) is 72.6 Å². The summed E-state index contributed by atoms with van der Waals surface area (Å²) in [5.41, 5.74) is 0. The topological polar surface area (TPSA) is 45.5 Å². The lowest BCUT2D eigenvalue weighted by atomic mass is 10.1. The van der Waals surface area contributed by atoms with E-state index >= 15 is 0 Å². The van der Waals surface area contributed by atoms with Gasteiger partial charge in [-0.25, -0.2) is 4.67 Å². The molecule has 4 atom stereocenters. The van der Waals surface area contributed by atoms with Crippen molar-refractivity contribution >= 4 is 20.3 Å². The highest BCUT2D eigenvalue weighted by Crippen LogP contribution is 2.54. The SMILES string of the molecule is CC(C)N(C(C)C)P(OCCC#N)OCCCSCC[C@H]1[C@@H]2CCC#CCC[C@@H]21. The Morgan fingerprint density at radius 1 is 1.03 bits per heavy atom. The number of fused-ring (bicyclic) bond motifs is 1. The van der Waals surface area contributed by atoms with Crippen LogP contribution in [0.3, 0.4) is 0 Å². The smallest absolute Gasteiger partial charge is 0.259 e. The fourth-order valence-corrected chi connectivity index (χ4v) is 6.99. The summed E-state index contributed by atoms with van der Waals surface area (Å²) in [6.45, 7) is 9.87. The van der Waals surface area contributed by atoms with Crippen LogP contribution >= 0.6 is 20.3 Å². The Morgan fingerprint density at radius 3 is 2.24 bits per heavy atom. The van der Waals surface area contributed by atoms with Crippen molar-refractivity contribution in [3.05, 3.63) is 0 Å². The molecule has 2 aliphatic carbocycles. The summed E-state index contributed by atoms with van der Waals surface area (Å²) in [7, 11) is -1.09. The Hall–Kier alpha value is -0.290. The van der Waals surface area contributed by atoms with Gasteiger partial charge in [0.2, 0.25) is 0 Å². The van der Waals surface area contributed by atoms with Gasteiger partial charge in [-0.1, -0.05) is 0 Å². The highest BCUT2D eigenvalue weighted by Gasteiger charge is 2.47. The first-order valence-corrected chi connectivity index (χ1v) is 13.6. The molecule has 0 aromatic carbocycles. The lowest BCUT2D eigenvalue weighted by molar-refractivity contribution is 0.177. The minimum absolute atomic E-state index is 0.360. The van der Waals surface area contributed by atoms with Gasteiger partial charge in [0.15, 0.2) is 0 Å². The van der Waals surface area contributed by atoms with E-state index in [9.17, 15) is 0 Å². The first-order valence-electron chi connectivity index (χ1n) is 11.3. The molecule has 0 bridgehead atoms. The van der Waals surface area contributed by atoms with Gasteiger partial charge in [-0.3, -0.25) is 0 Å². The number of nitriles is 1. The summed E-state index contributed by atoms with van der Waals surface area (Å²) in [5.74, 6) is 11.9. The van der Waals surface area contributed by atoms with Crippen LogP contribution in [0.5, 0.6) is 0 Å². The van der Waals surface area contributed by atoms with Crippen LogP contribution in [0.15, 0.2) is 0 Å². The zero-order valence-electron chi connectivity index (χ0n) is 18.7. The van der Waals surface area contributed by atoms with Gasteiger partial charge in [-0.15, -0.1) is 11.8 Å². The lowest BCUT2D eigenvalue weighted by Crippen LogP contribution is -2.33. The average molecular weight is 439 g/mol. The zero-order chi connectivity index (χ0) is 21.1. The van der Waals surface area contributed by atoms with E-state index in [1.54, 1.807) is 0 Å². The third-order valence-electron chi connectivity index (χ3n) is 5.73. The van der Waals surface area contributed by atoms with E-state index in [-0.39, 0.29) is 0 Å². The normalized spacial score (nSPS) is 24.4. The number of thioether (sulfide) groups is 1. The maximum Gasteiger partial charge on any atom is 0.259 e. The molecule has 29 heavy (non-hydrogen) atoms. The Balaban J connectivity index is 1.59. The molecule has 2 aliphatic rings. The maximum atomic E-state index is 8.79. The first-order chi connectivity index (χ1) is 14.1. The standard InChI is InChI=1S/C23H39N2O2PS/c1-19(2)25(20(3)4)28(26-15-9-14-24)27-16-10-17-29-18-13-23-21-11-7-5-6-8-12-22(21)23/h19-23H,7-13,15-18H2,1-4H3/t21-,22+,23+,28?. The highest BCUT2D eigenvalue weighted by atomic mass is 32.2. The van der Waals surface area contributed by atoms with Crippen LogP contribution in [-0.4, -0.2) is 41.5 Å². The molecule has 0 spiro atoms. The Labute approximate surface area is 184 Å². The molecule has 1 saturated carbocycles. The molecule has 0 radical (unpaired) electrons. The molecule has 0 aliphatic heterocycles. The van der Waals surface area contributed by atoms with E-state index in [4.69, 9.17) is 14.3 Å². The average Bonchev–Trinajstić information content (AvgIpc) is 3.29. The first kappa shape index (κ1) is 25.0. The quantitative estimate of drug-likeness (QED) is 0.183. The molecule has 6 heteroatoms. The summed E-state index contributed by atoms with van der Waals surface area (Å²) in [6, 6.07) is 2.87. The van der Waals surface area contributed by atoms with Gasteiger partial charge >= 0.3 is 0 Å². The van der Waals surface area contributed by atoms with E-state index in [0.29, 0.717) is 25.1 Å². The molecule has 164 valence electrons. The Bertz CT molecular complexity index is 543. The minimum atomic E-state index is -1.09. The van der Waals surface area contributed by atoms with Crippen LogP contribution in [-0.2, 0) is 9.05 Å². The van der Waals surface area contributed by atoms with E-state index < -0.39 is 8.53 Å². The molecular formula is C23H39N2O2PS. The Kier molecular flexibility index (Phi) is 12.0. The molecule has 0 amide bonds. The van der Waals surface area contributed by atoms with Crippen molar-refractivity contribution in [1.29, 1.82) is 5.26 Å². The second kappa shape index (κ2) is 13.9. The highest BCUT2D eigenvalue weighted by molar-refractivity contribution is 7.99. The molecule has 0 saturated heterocycles. The summed E-state index contributed by atoms with van der Waals surface area (Å²) >= 11 is 2.07. The minimum Gasteiger partial charge on any atom is -0.322 e. The molecular weight excluding hydrogens is 399 g/mol. The van der Waals surface area contributed by atoms with E-state index in [1.807, 2.05) is 0 Å². The third-order valence-corrected chi connectivity index (χ3v) is 8.94. The van der Waals surface area contributed by atoms with Crippen molar-refractivity contribution in [2.75, 3.05) is 24.7 Å².